The molecule has 3 aromatic heterocycles. The van der Waals surface area contributed by atoms with Crippen LogP contribution >= 0.6 is 0 Å². The van der Waals surface area contributed by atoms with Gasteiger partial charge < -0.3 is 23.2 Å². The van der Waals surface area contributed by atoms with Gasteiger partial charge >= 0.3 is 0 Å². The van der Waals surface area contributed by atoms with Gasteiger partial charge in [0.25, 0.3) is 6.71 Å². The van der Waals surface area contributed by atoms with Crippen molar-refractivity contribution in [2.45, 2.75) is 106 Å². The molecule has 0 aliphatic carbocycles. The number of hydrogen-bond acceptors (Lipinski definition) is 4. The first-order chi connectivity index (χ1) is 42.1. The zero-order chi connectivity index (χ0) is 61.2. The van der Waals surface area contributed by atoms with Gasteiger partial charge in [-0.25, -0.2) is 0 Å². The molecule has 0 N–H and O–H groups in total. The number of rotatable bonds is 6. The Morgan fingerprint density at radius 3 is 1.68 bits per heavy atom. The van der Waals surface area contributed by atoms with Crippen molar-refractivity contribution in [1.82, 2.24) is 4.57 Å². The van der Waals surface area contributed by atoms with Crippen LogP contribution in [0, 0.1) is 27.7 Å². The summed E-state index contributed by atoms with van der Waals surface area (Å²) in [6.45, 7) is 38.9. The van der Waals surface area contributed by atoms with Gasteiger partial charge in [-0.15, -0.1) is 0 Å². The molecule has 2 aliphatic rings. The standard InChI is InChI=1S/C82H74BN3O2/c1-16-58(78-51(6)59-25-17-19-29-73(59)87-78)52-31-35-57(36-32-52)84-70-46-68-64(61-37-33-54(80(7,8)9)41-67(61)85(68)76-47(2)23-21-24-48(76)3)45-66(70)83-65-38-34-55(81(10,11)12)42-69(65)86(72-44-56(82(13,14)15)43-71(84)75(72)83)77-49(4)39-53(40-50(77)5)60-27-22-28-63-62-26-18-20-30-74(62)88-79(60)63/h16-46H,1,6H2,2-5,7-15H3/b78-58-. The zero-order valence-electron chi connectivity index (χ0n) is 53.0. The number of benzene rings is 10. The SMILES string of the molecule is C=C/C(c1ccc(N2c3cc4c(cc3B3c5ccc(C(C)(C)C)cc5N(c5c(C)cc(-c6cccc7c6oc6ccccc67)cc5C)c5cc(C(C)(C)C)cc2c53)c2ccc(C(C)(C)C)cc2n4-c2c(C)cccc2C)cc1)=c1/oc2ccccc2c1=C. The molecule has 0 saturated carbocycles. The molecule has 0 saturated heterocycles. The molecule has 0 unspecified atom stereocenters. The average molecular weight is 1140 g/mol. The number of para-hydroxylation sites is 4. The van der Waals surface area contributed by atoms with Crippen LogP contribution in [0.25, 0.3) is 83.7 Å². The number of anilines is 6. The number of nitrogens with zero attached hydrogens (tertiary/aromatic N) is 3. The summed E-state index contributed by atoms with van der Waals surface area (Å²) >= 11 is 0. The summed E-state index contributed by atoms with van der Waals surface area (Å²) in [4.78, 5) is 5.23. The Morgan fingerprint density at radius 2 is 1.02 bits per heavy atom. The van der Waals surface area contributed by atoms with Crippen LogP contribution in [0.15, 0.2) is 203 Å². The van der Waals surface area contributed by atoms with Gasteiger partial charge in [0, 0.05) is 71.7 Å². The van der Waals surface area contributed by atoms with Gasteiger partial charge in [-0.2, -0.15) is 0 Å². The summed E-state index contributed by atoms with van der Waals surface area (Å²) in [5.74, 6) is 0. The molecular weight excluding hydrogens is 1070 g/mol. The first-order valence-corrected chi connectivity index (χ1v) is 31.1. The minimum atomic E-state index is -0.231. The van der Waals surface area contributed by atoms with Gasteiger partial charge in [0.2, 0.25) is 0 Å². The number of hydrogen-bond donors (Lipinski definition) is 0. The highest BCUT2D eigenvalue weighted by Gasteiger charge is 2.46. The van der Waals surface area contributed by atoms with E-state index in [2.05, 4.69) is 281 Å². The van der Waals surface area contributed by atoms with Crippen LogP contribution in [-0.2, 0) is 16.2 Å². The van der Waals surface area contributed by atoms with E-state index in [0.29, 0.717) is 0 Å². The lowest BCUT2D eigenvalue weighted by atomic mass is 9.33. The monoisotopic (exact) mass is 1140 g/mol. The second-order valence-corrected chi connectivity index (χ2v) is 28.1. The topological polar surface area (TPSA) is 37.7 Å². The number of aryl methyl sites for hydroxylation is 4. The van der Waals surface area contributed by atoms with E-state index < -0.39 is 0 Å². The molecule has 0 amide bonds. The highest BCUT2D eigenvalue weighted by Crippen LogP contribution is 2.51. The maximum absolute atomic E-state index is 6.70. The molecule has 0 fully saturated rings. The van der Waals surface area contributed by atoms with Crippen LogP contribution in [0.1, 0.15) is 107 Å². The van der Waals surface area contributed by atoms with Crippen molar-refractivity contribution >= 4 is 124 Å². The largest absolute Gasteiger partial charge is 0.455 e. The fraction of sp³-hybridized carbons (Fsp3) is 0.195. The van der Waals surface area contributed by atoms with Crippen molar-refractivity contribution in [2.75, 3.05) is 9.80 Å². The Balaban J connectivity index is 1.04. The van der Waals surface area contributed by atoms with Crippen LogP contribution < -0.4 is 36.8 Å². The lowest BCUT2D eigenvalue weighted by molar-refractivity contribution is 0.573. The van der Waals surface area contributed by atoms with Crippen molar-refractivity contribution in [1.29, 1.82) is 0 Å². The first-order valence-electron chi connectivity index (χ1n) is 31.1. The maximum Gasteiger partial charge on any atom is 0.252 e. The van der Waals surface area contributed by atoms with Gasteiger partial charge in [0.1, 0.15) is 22.2 Å². The van der Waals surface area contributed by atoms with Crippen molar-refractivity contribution < 1.29 is 8.83 Å². The van der Waals surface area contributed by atoms with Gasteiger partial charge in [-0.3, -0.25) is 0 Å². The van der Waals surface area contributed by atoms with E-state index in [0.717, 1.165) is 77.2 Å². The second-order valence-electron chi connectivity index (χ2n) is 28.1. The average Bonchev–Trinajstić information content (AvgIpc) is 0.860. The third-order valence-electron chi connectivity index (χ3n) is 19.2. The van der Waals surface area contributed by atoms with E-state index in [1.165, 1.54) is 106 Å². The normalized spacial score (nSPS) is 13.7. The fourth-order valence-corrected chi connectivity index (χ4v) is 14.7. The van der Waals surface area contributed by atoms with Crippen LogP contribution in [-0.4, -0.2) is 11.3 Å². The molecule has 0 spiro atoms. The van der Waals surface area contributed by atoms with Gasteiger partial charge in [0.15, 0.2) is 0 Å². The Bertz CT molecular complexity index is 5210. The molecule has 2 aliphatic heterocycles. The van der Waals surface area contributed by atoms with Crippen LogP contribution in [0.3, 0.4) is 0 Å². The third-order valence-corrected chi connectivity index (χ3v) is 19.2. The third kappa shape index (κ3) is 8.35. The highest BCUT2D eigenvalue weighted by molar-refractivity contribution is 7.00. The summed E-state index contributed by atoms with van der Waals surface area (Å²) in [5, 5.41) is 6.60. The van der Waals surface area contributed by atoms with Crippen molar-refractivity contribution in [3.63, 3.8) is 0 Å². The lowest BCUT2D eigenvalue weighted by Gasteiger charge is -2.46. The predicted octanol–water partition coefficient (Wildman–Crippen LogP) is 19.1. The van der Waals surface area contributed by atoms with Crippen molar-refractivity contribution in [2.24, 2.45) is 0 Å². The smallest absolute Gasteiger partial charge is 0.252 e. The van der Waals surface area contributed by atoms with E-state index in [9.17, 15) is 0 Å². The minimum Gasteiger partial charge on any atom is -0.455 e. The lowest BCUT2D eigenvalue weighted by Crippen LogP contribution is -2.61. The van der Waals surface area contributed by atoms with E-state index >= 15 is 0 Å². The summed E-state index contributed by atoms with van der Waals surface area (Å²) in [6, 6.07) is 68.4. The number of furan rings is 2. The van der Waals surface area contributed by atoms with Crippen molar-refractivity contribution in [3.8, 4) is 16.8 Å². The number of allylic oxidation sites excluding steroid dienone is 1. The Labute approximate surface area is 517 Å². The summed E-state index contributed by atoms with van der Waals surface area (Å²) < 4.78 is 15.8. The molecule has 0 bridgehead atoms. The molecule has 13 aromatic rings. The molecule has 5 nitrogen and oxygen atoms in total. The minimum absolute atomic E-state index is 0.0625. The van der Waals surface area contributed by atoms with E-state index in [1.807, 2.05) is 24.3 Å². The molecule has 432 valence electrons. The molecule has 15 rings (SSSR count). The molecule has 88 heavy (non-hydrogen) atoms. The predicted molar refractivity (Wildman–Crippen MR) is 376 cm³/mol. The summed E-state index contributed by atoms with van der Waals surface area (Å²) in [6.07, 6.45) is 1.91. The fourth-order valence-electron chi connectivity index (χ4n) is 14.7. The highest BCUT2D eigenvalue weighted by atomic mass is 16.3. The molecule has 0 atom stereocenters. The maximum atomic E-state index is 6.70. The van der Waals surface area contributed by atoms with E-state index in [1.54, 1.807) is 0 Å². The Kier molecular flexibility index (Phi) is 12.2. The van der Waals surface area contributed by atoms with Crippen LogP contribution in [0.2, 0.25) is 0 Å². The molecule has 6 heteroatoms. The van der Waals surface area contributed by atoms with Crippen LogP contribution in [0.5, 0.6) is 0 Å². The van der Waals surface area contributed by atoms with Gasteiger partial charge in [0.05, 0.1) is 22.4 Å². The number of fused-ring (bicyclic) bond motifs is 11. The summed E-state index contributed by atoms with van der Waals surface area (Å²) in [5.41, 5.74) is 30.2. The molecule has 0 radical (unpaired) electrons. The molecular formula is C82H74BN3O2. The Morgan fingerprint density at radius 1 is 0.455 bits per heavy atom. The van der Waals surface area contributed by atoms with Crippen LogP contribution in [0.4, 0.5) is 34.1 Å². The van der Waals surface area contributed by atoms with E-state index in [-0.39, 0.29) is 23.0 Å². The number of aromatic nitrogens is 1. The summed E-state index contributed by atoms with van der Waals surface area (Å²) in [7, 11) is 0. The molecule has 5 heterocycles. The van der Waals surface area contributed by atoms with E-state index in [4.69, 9.17) is 8.83 Å². The second kappa shape index (κ2) is 19.5. The Hall–Kier alpha value is -9.52. The quantitative estimate of drug-likeness (QED) is 0.156. The van der Waals surface area contributed by atoms with Gasteiger partial charge in [-0.1, -0.05) is 197 Å². The zero-order valence-corrected chi connectivity index (χ0v) is 53.0. The van der Waals surface area contributed by atoms with Gasteiger partial charge in [-0.05, 0) is 177 Å². The van der Waals surface area contributed by atoms with Crippen molar-refractivity contribution in [3.05, 3.63) is 250 Å². The molecule has 10 aromatic carbocycles. The first kappa shape index (κ1) is 55.1.